The lowest BCUT2D eigenvalue weighted by atomic mass is 9.78. The van der Waals surface area contributed by atoms with Crippen LogP contribution in [0, 0.1) is 11.8 Å². The summed E-state index contributed by atoms with van der Waals surface area (Å²) in [6, 6.07) is -0.0116. The van der Waals surface area contributed by atoms with E-state index in [2.05, 4.69) is 23.6 Å². The molecule has 1 saturated carbocycles. The quantitative estimate of drug-likeness (QED) is 0.931. The van der Waals surface area contributed by atoms with Crippen molar-refractivity contribution in [3.05, 3.63) is 11.5 Å². The number of nitrogens with one attached hydrogen (secondary N) is 1. The van der Waals surface area contributed by atoms with E-state index < -0.39 is 10.0 Å². The molecule has 1 aliphatic rings. The van der Waals surface area contributed by atoms with Crippen LogP contribution in [0.5, 0.6) is 0 Å². The van der Waals surface area contributed by atoms with Gasteiger partial charge in [-0.1, -0.05) is 26.7 Å². The largest absolute Gasteiger partial charge is 0.308 e. The average Bonchev–Trinajstić information content (AvgIpc) is 2.66. The Morgan fingerprint density at radius 2 is 2.11 bits per heavy atom. The normalized spacial score (nSPS) is 28.5. The first kappa shape index (κ1) is 14.8. The Morgan fingerprint density at radius 1 is 1.42 bits per heavy atom. The van der Waals surface area contributed by atoms with Crippen LogP contribution in [0.4, 0.5) is 0 Å². The van der Waals surface area contributed by atoms with Gasteiger partial charge in [0.25, 0.3) is 10.0 Å². The van der Waals surface area contributed by atoms with Crippen LogP contribution in [0.3, 0.4) is 0 Å². The minimum absolute atomic E-state index is 0.0116. The number of hydrogen-bond donors (Lipinski definition) is 1. The molecule has 0 radical (unpaired) electrons. The first-order chi connectivity index (χ1) is 8.83. The van der Waals surface area contributed by atoms with Gasteiger partial charge in [0.15, 0.2) is 5.03 Å². The van der Waals surface area contributed by atoms with E-state index in [-0.39, 0.29) is 16.4 Å². The highest BCUT2D eigenvalue weighted by atomic mass is 35.5. The second-order valence-corrected chi connectivity index (χ2v) is 7.42. The summed E-state index contributed by atoms with van der Waals surface area (Å²) in [5, 5.41) is 0.286. The Hall–Kier alpha value is -0.590. The number of halogens is 1. The van der Waals surface area contributed by atoms with Gasteiger partial charge in [-0.3, -0.25) is 0 Å². The van der Waals surface area contributed by atoms with Crippen molar-refractivity contribution in [1.29, 1.82) is 0 Å². The SMILES string of the molecule is C[C@H]1[C@H](C)CCC[C@H]1NS(=O)(=O)c1cnc(Cl)n1C. The van der Waals surface area contributed by atoms with Crippen molar-refractivity contribution in [1.82, 2.24) is 14.3 Å². The van der Waals surface area contributed by atoms with Gasteiger partial charge in [-0.25, -0.2) is 18.1 Å². The highest BCUT2D eigenvalue weighted by Crippen LogP contribution is 2.30. The molecule has 1 N–H and O–H groups in total. The fourth-order valence-corrected chi connectivity index (χ4v) is 4.31. The zero-order valence-corrected chi connectivity index (χ0v) is 13.0. The maximum Gasteiger partial charge on any atom is 0.258 e. The van der Waals surface area contributed by atoms with Crippen LogP contribution in [0.25, 0.3) is 0 Å². The second-order valence-electron chi connectivity index (χ2n) is 5.42. The van der Waals surface area contributed by atoms with Crippen molar-refractivity contribution < 1.29 is 8.42 Å². The Balaban J connectivity index is 2.20. The lowest BCUT2D eigenvalue weighted by Crippen LogP contribution is -2.44. The second kappa shape index (κ2) is 5.42. The molecule has 1 aliphatic carbocycles. The third kappa shape index (κ3) is 2.95. The molecule has 7 heteroatoms. The maximum atomic E-state index is 12.4. The Morgan fingerprint density at radius 3 is 2.68 bits per heavy atom. The van der Waals surface area contributed by atoms with E-state index >= 15 is 0 Å². The molecule has 2 rings (SSSR count). The molecule has 0 amide bonds. The number of nitrogens with zero attached hydrogens (tertiary/aromatic N) is 2. The fourth-order valence-electron chi connectivity index (χ4n) is 2.63. The Bertz CT molecular complexity index is 555. The third-order valence-corrected chi connectivity index (χ3v) is 6.07. The summed E-state index contributed by atoms with van der Waals surface area (Å²) in [7, 11) is -1.97. The van der Waals surface area contributed by atoms with Gasteiger partial charge in [0.1, 0.15) is 0 Å². The van der Waals surface area contributed by atoms with Gasteiger partial charge < -0.3 is 4.57 Å². The van der Waals surface area contributed by atoms with Gasteiger partial charge in [-0.2, -0.15) is 0 Å². The smallest absolute Gasteiger partial charge is 0.258 e. The molecule has 1 fully saturated rings. The molecule has 0 unspecified atom stereocenters. The first-order valence-electron chi connectivity index (χ1n) is 6.52. The van der Waals surface area contributed by atoms with E-state index in [4.69, 9.17) is 11.6 Å². The Kier molecular flexibility index (Phi) is 4.23. The van der Waals surface area contributed by atoms with E-state index in [0.29, 0.717) is 11.8 Å². The molecule has 3 atom stereocenters. The summed E-state index contributed by atoms with van der Waals surface area (Å²) < 4.78 is 28.9. The molecule has 0 aliphatic heterocycles. The Labute approximate surface area is 119 Å². The summed E-state index contributed by atoms with van der Waals surface area (Å²) in [6.45, 7) is 4.28. The monoisotopic (exact) mass is 305 g/mol. The van der Waals surface area contributed by atoms with E-state index in [1.165, 1.54) is 10.8 Å². The number of hydrogen-bond acceptors (Lipinski definition) is 3. The van der Waals surface area contributed by atoms with Crippen LogP contribution in [0.1, 0.15) is 33.1 Å². The van der Waals surface area contributed by atoms with E-state index in [9.17, 15) is 8.42 Å². The predicted molar refractivity (Wildman–Crippen MR) is 74.5 cm³/mol. The first-order valence-corrected chi connectivity index (χ1v) is 8.38. The molecule has 1 aromatic heterocycles. The van der Waals surface area contributed by atoms with Crippen molar-refractivity contribution in [2.24, 2.45) is 18.9 Å². The van der Waals surface area contributed by atoms with Crippen molar-refractivity contribution >= 4 is 21.6 Å². The third-order valence-electron chi connectivity index (χ3n) is 4.18. The van der Waals surface area contributed by atoms with Gasteiger partial charge in [0.2, 0.25) is 5.28 Å². The van der Waals surface area contributed by atoms with Gasteiger partial charge in [0.05, 0.1) is 6.20 Å². The van der Waals surface area contributed by atoms with Crippen LogP contribution in [-0.4, -0.2) is 24.0 Å². The fraction of sp³-hybridized carbons (Fsp3) is 0.750. The minimum atomic E-state index is -3.56. The molecule has 19 heavy (non-hydrogen) atoms. The lowest BCUT2D eigenvalue weighted by molar-refractivity contribution is 0.226. The maximum absolute atomic E-state index is 12.4. The van der Waals surface area contributed by atoms with Crippen molar-refractivity contribution in [2.75, 3.05) is 0 Å². The molecular weight excluding hydrogens is 286 g/mol. The lowest BCUT2D eigenvalue weighted by Gasteiger charge is -2.34. The molecule has 0 bridgehead atoms. The number of aromatic nitrogens is 2. The van der Waals surface area contributed by atoms with Crippen molar-refractivity contribution in [3.63, 3.8) is 0 Å². The van der Waals surface area contributed by atoms with Crippen molar-refractivity contribution in [2.45, 2.75) is 44.2 Å². The molecule has 5 nitrogen and oxygen atoms in total. The van der Waals surface area contributed by atoms with Gasteiger partial charge in [-0.05, 0) is 29.9 Å². The zero-order valence-electron chi connectivity index (χ0n) is 11.4. The van der Waals surface area contributed by atoms with Gasteiger partial charge in [-0.15, -0.1) is 0 Å². The predicted octanol–water partition coefficient (Wildman–Crippen LogP) is 2.18. The summed E-state index contributed by atoms with van der Waals surface area (Å²) in [5.74, 6) is 0.879. The van der Waals surface area contributed by atoms with Crippen LogP contribution < -0.4 is 4.72 Å². The summed E-state index contributed by atoms with van der Waals surface area (Å²) in [6.07, 6.45) is 4.40. The standard InChI is InChI=1S/C12H20ClN3O2S/c1-8-5-4-6-10(9(8)2)15-19(17,18)11-7-14-12(13)16(11)3/h7-10,15H,4-6H2,1-3H3/t8-,9+,10-/m1/s1. The number of sulfonamides is 1. The molecule has 1 heterocycles. The van der Waals surface area contributed by atoms with E-state index in [1.807, 2.05) is 0 Å². The molecular formula is C12H20ClN3O2S. The molecule has 0 saturated heterocycles. The van der Waals surface area contributed by atoms with E-state index in [1.54, 1.807) is 7.05 Å². The molecule has 0 spiro atoms. The molecule has 1 aromatic rings. The van der Waals surface area contributed by atoms with E-state index in [0.717, 1.165) is 19.3 Å². The van der Waals surface area contributed by atoms with Crippen molar-refractivity contribution in [3.8, 4) is 0 Å². The average molecular weight is 306 g/mol. The molecule has 0 aromatic carbocycles. The summed E-state index contributed by atoms with van der Waals surface area (Å²) >= 11 is 5.79. The van der Waals surface area contributed by atoms with Gasteiger partial charge in [0, 0.05) is 13.1 Å². The van der Waals surface area contributed by atoms with Crippen LogP contribution in [0.2, 0.25) is 5.28 Å². The minimum Gasteiger partial charge on any atom is -0.308 e. The van der Waals surface area contributed by atoms with Crippen LogP contribution in [-0.2, 0) is 17.1 Å². The number of rotatable bonds is 3. The topological polar surface area (TPSA) is 64.0 Å². The van der Waals surface area contributed by atoms with Crippen LogP contribution in [0.15, 0.2) is 11.2 Å². The zero-order chi connectivity index (χ0) is 14.2. The summed E-state index contributed by atoms with van der Waals surface area (Å²) in [4.78, 5) is 3.82. The summed E-state index contributed by atoms with van der Waals surface area (Å²) in [5.41, 5.74) is 0. The van der Waals surface area contributed by atoms with Gasteiger partial charge >= 0.3 is 0 Å². The number of imidazole rings is 1. The molecule has 108 valence electrons. The van der Waals surface area contributed by atoms with Crippen LogP contribution >= 0.6 is 11.6 Å². The highest BCUT2D eigenvalue weighted by Gasteiger charge is 2.32. The highest BCUT2D eigenvalue weighted by molar-refractivity contribution is 7.89.